The third kappa shape index (κ3) is 3.28. The van der Waals surface area contributed by atoms with E-state index in [1.165, 1.54) is 22.2 Å². The van der Waals surface area contributed by atoms with E-state index in [2.05, 4.69) is 10.3 Å². The molecule has 0 saturated carbocycles. The second-order valence-corrected chi connectivity index (χ2v) is 7.02. The Morgan fingerprint density at radius 1 is 1.36 bits per heavy atom. The summed E-state index contributed by atoms with van der Waals surface area (Å²) in [6.45, 7) is 1.08. The fourth-order valence-electron chi connectivity index (χ4n) is 2.98. The van der Waals surface area contributed by atoms with Crippen LogP contribution in [0.2, 0.25) is 0 Å². The summed E-state index contributed by atoms with van der Waals surface area (Å²) in [4.78, 5) is 28.7. The van der Waals surface area contributed by atoms with Gasteiger partial charge in [-0.3, -0.25) is 14.2 Å². The van der Waals surface area contributed by atoms with Gasteiger partial charge in [0.2, 0.25) is 5.91 Å². The number of carbonyl (C=O) groups is 1. The first-order valence-electron chi connectivity index (χ1n) is 8.11. The number of aromatic nitrogens is 2. The first-order chi connectivity index (χ1) is 12.2. The van der Waals surface area contributed by atoms with Crippen LogP contribution >= 0.6 is 11.3 Å². The molecule has 1 N–H and O–H groups in total. The van der Waals surface area contributed by atoms with Gasteiger partial charge in [-0.15, -0.1) is 11.3 Å². The number of carbonyl (C=O) groups excluding carboxylic acids is 1. The Balaban J connectivity index is 1.36. The predicted molar refractivity (Wildman–Crippen MR) is 96.0 cm³/mol. The largest absolute Gasteiger partial charge is 0.493 e. The molecule has 0 bridgehead atoms. The van der Waals surface area contributed by atoms with Gasteiger partial charge in [0.05, 0.1) is 18.5 Å². The lowest BCUT2D eigenvalue weighted by atomic mass is 9.97. The van der Waals surface area contributed by atoms with Crippen molar-refractivity contribution in [1.29, 1.82) is 0 Å². The first kappa shape index (κ1) is 15.8. The van der Waals surface area contributed by atoms with Crippen molar-refractivity contribution < 1.29 is 9.53 Å². The molecule has 0 unspecified atom stereocenters. The van der Waals surface area contributed by atoms with Gasteiger partial charge in [0.25, 0.3) is 5.56 Å². The van der Waals surface area contributed by atoms with E-state index < -0.39 is 0 Å². The SMILES string of the molecule is O=C(Cn1cnc2ccsc2c1=O)NC[C@@H]1COc2ccccc2C1. The molecule has 7 heteroatoms. The third-order valence-electron chi connectivity index (χ3n) is 4.29. The number of nitrogens with zero attached hydrogens (tertiary/aromatic N) is 2. The van der Waals surface area contributed by atoms with Crippen LogP contribution in [0.5, 0.6) is 5.75 Å². The minimum Gasteiger partial charge on any atom is -0.493 e. The summed E-state index contributed by atoms with van der Waals surface area (Å²) >= 11 is 1.34. The number of rotatable bonds is 4. The van der Waals surface area contributed by atoms with Crippen molar-refractivity contribution in [1.82, 2.24) is 14.9 Å². The van der Waals surface area contributed by atoms with Gasteiger partial charge < -0.3 is 10.1 Å². The first-order valence-corrected chi connectivity index (χ1v) is 8.99. The van der Waals surface area contributed by atoms with Crippen molar-refractivity contribution in [2.24, 2.45) is 5.92 Å². The van der Waals surface area contributed by atoms with E-state index in [4.69, 9.17) is 4.74 Å². The highest BCUT2D eigenvalue weighted by molar-refractivity contribution is 7.17. The molecule has 1 aliphatic rings. The van der Waals surface area contributed by atoms with Gasteiger partial charge in [-0.05, 0) is 29.5 Å². The zero-order chi connectivity index (χ0) is 17.2. The van der Waals surface area contributed by atoms with Gasteiger partial charge in [0, 0.05) is 12.5 Å². The van der Waals surface area contributed by atoms with Gasteiger partial charge >= 0.3 is 0 Å². The summed E-state index contributed by atoms with van der Waals surface area (Å²) in [5, 5.41) is 4.72. The fraction of sp³-hybridized carbons (Fsp3) is 0.278. The molecule has 0 radical (unpaired) electrons. The predicted octanol–water partition coefficient (Wildman–Crippen LogP) is 1.83. The van der Waals surface area contributed by atoms with Gasteiger partial charge in [-0.1, -0.05) is 18.2 Å². The Morgan fingerprint density at radius 2 is 2.24 bits per heavy atom. The molecule has 0 aliphatic carbocycles. The Bertz CT molecular complexity index is 979. The number of hydrogen-bond donors (Lipinski definition) is 1. The van der Waals surface area contributed by atoms with E-state index in [9.17, 15) is 9.59 Å². The van der Waals surface area contributed by atoms with Crippen LogP contribution in [0, 0.1) is 5.92 Å². The number of thiophene rings is 1. The van der Waals surface area contributed by atoms with Gasteiger partial charge in [-0.2, -0.15) is 0 Å². The van der Waals surface area contributed by atoms with Gasteiger partial charge in [0.15, 0.2) is 0 Å². The molecule has 3 heterocycles. The number of nitrogens with one attached hydrogen (secondary N) is 1. The highest BCUT2D eigenvalue weighted by atomic mass is 32.1. The molecule has 4 rings (SSSR count). The number of ether oxygens (including phenoxy) is 1. The Morgan fingerprint density at radius 3 is 3.16 bits per heavy atom. The Kier molecular flexibility index (Phi) is 4.23. The summed E-state index contributed by atoms with van der Waals surface area (Å²) in [6, 6.07) is 9.75. The second-order valence-electron chi connectivity index (χ2n) is 6.11. The molecular weight excluding hydrogens is 338 g/mol. The molecule has 1 aliphatic heterocycles. The molecule has 1 atom stereocenters. The van der Waals surface area contributed by atoms with Crippen LogP contribution in [0.1, 0.15) is 5.56 Å². The third-order valence-corrected chi connectivity index (χ3v) is 5.18. The normalized spacial score (nSPS) is 16.2. The molecule has 25 heavy (non-hydrogen) atoms. The second kappa shape index (κ2) is 6.68. The lowest BCUT2D eigenvalue weighted by molar-refractivity contribution is -0.122. The Hall–Kier alpha value is -2.67. The van der Waals surface area contributed by atoms with Crippen LogP contribution < -0.4 is 15.6 Å². The fourth-order valence-corrected chi connectivity index (χ4v) is 3.77. The summed E-state index contributed by atoms with van der Waals surface area (Å²) in [5.41, 5.74) is 1.66. The minimum atomic E-state index is -0.196. The quantitative estimate of drug-likeness (QED) is 0.775. The van der Waals surface area contributed by atoms with Gasteiger partial charge in [-0.25, -0.2) is 4.98 Å². The van der Waals surface area contributed by atoms with Crippen LogP contribution in [0.3, 0.4) is 0 Å². The topological polar surface area (TPSA) is 73.2 Å². The highest BCUT2D eigenvalue weighted by Crippen LogP contribution is 2.26. The lowest BCUT2D eigenvalue weighted by Gasteiger charge is -2.25. The standard InChI is InChI=1S/C18H17N3O3S/c22-16(9-21-11-20-14-5-6-25-17(14)18(21)23)19-8-12-7-13-3-1-2-4-15(13)24-10-12/h1-6,11-12H,7-10H2,(H,19,22)/t12-/m1/s1. The molecule has 3 aromatic rings. The van der Waals surface area contributed by atoms with E-state index in [1.54, 1.807) is 6.07 Å². The van der Waals surface area contributed by atoms with Crippen molar-refractivity contribution in [3.63, 3.8) is 0 Å². The smallest absolute Gasteiger partial charge is 0.271 e. The molecule has 128 valence electrons. The van der Waals surface area contributed by atoms with Gasteiger partial charge in [0.1, 0.15) is 17.0 Å². The maximum absolute atomic E-state index is 12.3. The molecule has 1 amide bonds. The van der Waals surface area contributed by atoms with Crippen LogP contribution in [-0.2, 0) is 17.8 Å². The Labute approximate surface area is 148 Å². The minimum absolute atomic E-state index is 0.0240. The van der Waals surface area contributed by atoms with E-state index >= 15 is 0 Å². The summed E-state index contributed by atoms with van der Waals surface area (Å²) in [6.07, 6.45) is 2.30. The monoisotopic (exact) mass is 355 g/mol. The molecule has 2 aromatic heterocycles. The molecule has 1 aromatic carbocycles. The number of benzene rings is 1. The molecule has 0 spiro atoms. The average Bonchev–Trinajstić information content (AvgIpc) is 3.12. The van der Waals surface area contributed by atoms with Crippen molar-refractivity contribution in [3.8, 4) is 5.75 Å². The van der Waals surface area contributed by atoms with Crippen LogP contribution in [-0.4, -0.2) is 28.6 Å². The van der Waals surface area contributed by atoms with E-state index in [0.29, 0.717) is 23.4 Å². The van der Waals surface area contributed by atoms with Crippen molar-refractivity contribution in [3.05, 3.63) is 58.0 Å². The van der Waals surface area contributed by atoms with Crippen LogP contribution in [0.25, 0.3) is 10.2 Å². The van der Waals surface area contributed by atoms with E-state index in [-0.39, 0.29) is 23.9 Å². The molecule has 0 saturated heterocycles. The average molecular weight is 355 g/mol. The highest BCUT2D eigenvalue weighted by Gasteiger charge is 2.20. The van der Waals surface area contributed by atoms with E-state index in [1.807, 2.05) is 29.6 Å². The zero-order valence-corrected chi connectivity index (χ0v) is 14.3. The maximum Gasteiger partial charge on any atom is 0.271 e. The number of fused-ring (bicyclic) bond motifs is 2. The molecule has 6 nitrogen and oxygen atoms in total. The summed E-state index contributed by atoms with van der Waals surface area (Å²) < 4.78 is 7.65. The number of para-hydroxylation sites is 1. The van der Waals surface area contributed by atoms with Crippen molar-refractivity contribution >= 4 is 27.5 Å². The van der Waals surface area contributed by atoms with Crippen molar-refractivity contribution in [2.75, 3.05) is 13.2 Å². The number of amides is 1. The van der Waals surface area contributed by atoms with Crippen LogP contribution in [0.15, 0.2) is 46.8 Å². The zero-order valence-electron chi connectivity index (χ0n) is 13.5. The maximum atomic E-state index is 12.3. The van der Waals surface area contributed by atoms with Crippen LogP contribution in [0.4, 0.5) is 0 Å². The summed E-state index contributed by atoms with van der Waals surface area (Å²) in [5.74, 6) is 0.957. The van der Waals surface area contributed by atoms with E-state index in [0.717, 1.165) is 17.7 Å². The number of hydrogen-bond acceptors (Lipinski definition) is 5. The lowest BCUT2D eigenvalue weighted by Crippen LogP contribution is -2.38. The molecule has 0 fully saturated rings. The molecular formula is C18H17N3O3S. The summed E-state index contributed by atoms with van der Waals surface area (Å²) in [7, 11) is 0. The van der Waals surface area contributed by atoms with Crippen molar-refractivity contribution in [2.45, 2.75) is 13.0 Å².